The fraction of sp³-hybridized carbons (Fsp3) is 0.625. The van der Waals surface area contributed by atoms with Gasteiger partial charge in [-0.2, -0.15) is 0 Å². The molecule has 4 nitrogen and oxygen atoms in total. The molecule has 1 saturated carbocycles. The molecule has 0 amide bonds. The zero-order chi connectivity index (χ0) is 17.9. The minimum atomic E-state index is -3.28. The predicted molar refractivity (Wildman–Crippen MR) is 87.7 cm³/mol. The molecule has 0 radical (unpaired) electrons. The van der Waals surface area contributed by atoms with Crippen LogP contribution in [0.25, 0.3) is 0 Å². The molecular weight excluding hydrogens is 341 g/mol. The first-order valence-electron chi connectivity index (χ1n) is 8.09. The van der Waals surface area contributed by atoms with Crippen molar-refractivity contribution in [2.24, 2.45) is 5.92 Å². The van der Waals surface area contributed by atoms with E-state index in [0.29, 0.717) is 19.4 Å². The fourth-order valence-corrected chi connectivity index (χ4v) is 3.74. The summed E-state index contributed by atoms with van der Waals surface area (Å²) in [5, 5.41) is 2.35. The quantitative estimate of drug-likeness (QED) is 0.761. The standard InChI is InChI=1S/C16H23F3N2O2S/c1-10(2)24(22,23)21-12-5-3-11(4-6-12)9-20-14-8-7-13(17)15(18)16(14)19/h7-8,10-12,20-21H,3-6,9H2,1-2H3/t11-,12-. The Bertz CT molecular complexity index is 672. The van der Waals surface area contributed by atoms with Gasteiger partial charge in [-0.05, 0) is 57.6 Å². The normalized spacial score (nSPS) is 21.9. The maximum Gasteiger partial charge on any atom is 0.214 e. The van der Waals surface area contributed by atoms with Gasteiger partial charge in [-0.1, -0.05) is 0 Å². The number of benzene rings is 1. The highest BCUT2D eigenvalue weighted by molar-refractivity contribution is 7.90. The van der Waals surface area contributed by atoms with Crippen LogP contribution in [0.5, 0.6) is 0 Å². The van der Waals surface area contributed by atoms with E-state index in [9.17, 15) is 21.6 Å². The zero-order valence-corrected chi connectivity index (χ0v) is 14.6. The van der Waals surface area contributed by atoms with E-state index in [1.54, 1.807) is 13.8 Å². The third kappa shape index (κ3) is 4.63. The first kappa shape index (κ1) is 19.1. The second-order valence-electron chi connectivity index (χ2n) is 6.53. The minimum Gasteiger partial charge on any atom is -0.382 e. The van der Waals surface area contributed by atoms with Crippen molar-refractivity contribution in [1.29, 1.82) is 0 Å². The highest BCUT2D eigenvalue weighted by Gasteiger charge is 2.26. The van der Waals surface area contributed by atoms with Crippen LogP contribution in [-0.2, 0) is 10.0 Å². The van der Waals surface area contributed by atoms with Crippen LogP contribution >= 0.6 is 0 Å². The Kier molecular flexibility index (Phi) is 6.14. The Morgan fingerprint density at radius 2 is 1.71 bits per heavy atom. The number of nitrogens with one attached hydrogen (secondary N) is 2. The highest BCUT2D eigenvalue weighted by Crippen LogP contribution is 2.26. The first-order valence-corrected chi connectivity index (χ1v) is 9.64. The van der Waals surface area contributed by atoms with E-state index >= 15 is 0 Å². The van der Waals surface area contributed by atoms with Gasteiger partial charge in [0.25, 0.3) is 0 Å². The first-order chi connectivity index (χ1) is 11.2. The molecule has 1 fully saturated rings. The molecule has 1 aromatic carbocycles. The number of rotatable bonds is 6. The van der Waals surface area contributed by atoms with Crippen LogP contribution in [-0.4, -0.2) is 26.3 Å². The van der Waals surface area contributed by atoms with Crippen molar-refractivity contribution in [3.63, 3.8) is 0 Å². The molecule has 1 aliphatic carbocycles. The van der Waals surface area contributed by atoms with E-state index in [-0.39, 0.29) is 17.6 Å². The van der Waals surface area contributed by atoms with Crippen LogP contribution in [0, 0.1) is 23.4 Å². The molecule has 8 heteroatoms. The molecule has 0 spiro atoms. The largest absolute Gasteiger partial charge is 0.382 e. The Labute approximate surface area is 140 Å². The molecule has 0 unspecified atom stereocenters. The van der Waals surface area contributed by atoms with Crippen molar-refractivity contribution in [2.45, 2.75) is 50.8 Å². The maximum atomic E-state index is 13.6. The van der Waals surface area contributed by atoms with Gasteiger partial charge < -0.3 is 5.32 Å². The maximum absolute atomic E-state index is 13.6. The number of hydrogen-bond donors (Lipinski definition) is 2. The topological polar surface area (TPSA) is 58.2 Å². The van der Waals surface area contributed by atoms with Crippen LogP contribution in [0.15, 0.2) is 12.1 Å². The Balaban J connectivity index is 1.83. The second-order valence-corrected chi connectivity index (χ2v) is 8.80. The third-order valence-corrected chi connectivity index (χ3v) is 6.32. The lowest BCUT2D eigenvalue weighted by Gasteiger charge is -2.29. The number of hydrogen-bond acceptors (Lipinski definition) is 3. The summed E-state index contributed by atoms with van der Waals surface area (Å²) < 4.78 is 66.1. The van der Waals surface area contributed by atoms with Gasteiger partial charge in [0.2, 0.25) is 10.0 Å². The van der Waals surface area contributed by atoms with Crippen LogP contribution in [0.1, 0.15) is 39.5 Å². The van der Waals surface area contributed by atoms with Crippen molar-refractivity contribution < 1.29 is 21.6 Å². The van der Waals surface area contributed by atoms with Crippen molar-refractivity contribution >= 4 is 15.7 Å². The summed E-state index contributed by atoms with van der Waals surface area (Å²) in [5.41, 5.74) is -0.0588. The van der Waals surface area contributed by atoms with Gasteiger partial charge >= 0.3 is 0 Å². The van der Waals surface area contributed by atoms with E-state index in [4.69, 9.17) is 0 Å². The van der Waals surface area contributed by atoms with Gasteiger partial charge in [-0.15, -0.1) is 0 Å². The molecule has 0 aromatic heterocycles. The summed E-state index contributed by atoms with van der Waals surface area (Å²) in [7, 11) is -3.28. The smallest absolute Gasteiger partial charge is 0.214 e. The molecule has 2 rings (SSSR count). The molecular formula is C16H23F3N2O2S. The van der Waals surface area contributed by atoms with Gasteiger partial charge in [-0.3, -0.25) is 0 Å². The molecule has 0 saturated heterocycles. The summed E-state index contributed by atoms with van der Waals surface area (Å²) >= 11 is 0. The van der Waals surface area contributed by atoms with Crippen molar-refractivity contribution in [2.75, 3.05) is 11.9 Å². The van der Waals surface area contributed by atoms with Crippen LogP contribution < -0.4 is 10.0 Å². The van der Waals surface area contributed by atoms with Crippen molar-refractivity contribution in [1.82, 2.24) is 4.72 Å². The van der Waals surface area contributed by atoms with Crippen molar-refractivity contribution in [3.8, 4) is 0 Å². The van der Waals surface area contributed by atoms with Crippen LogP contribution in [0.2, 0.25) is 0 Å². The molecule has 1 aromatic rings. The van der Waals surface area contributed by atoms with E-state index in [1.807, 2.05) is 0 Å². The monoisotopic (exact) mass is 364 g/mol. The van der Waals surface area contributed by atoms with Crippen LogP contribution in [0.4, 0.5) is 18.9 Å². The third-order valence-electron chi connectivity index (χ3n) is 4.41. The summed E-state index contributed by atoms with van der Waals surface area (Å²) in [6, 6.07) is 1.99. The molecule has 2 N–H and O–H groups in total. The Morgan fingerprint density at radius 3 is 2.29 bits per heavy atom. The summed E-state index contributed by atoms with van der Waals surface area (Å²) in [6.07, 6.45) is 2.98. The molecule has 24 heavy (non-hydrogen) atoms. The predicted octanol–water partition coefficient (Wildman–Crippen LogP) is 3.40. The molecule has 0 bridgehead atoms. The number of anilines is 1. The van der Waals surface area contributed by atoms with Gasteiger partial charge in [0.15, 0.2) is 17.5 Å². The Morgan fingerprint density at radius 1 is 1.08 bits per heavy atom. The average Bonchev–Trinajstić information content (AvgIpc) is 2.53. The lowest BCUT2D eigenvalue weighted by Crippen LogP contribution is -2.41. The molecule has 136 valence electrons. The zero-order valence-electron chi connectivity index (χ0n) is 13.8. The fourth-order valence-electron chi connectivity index (χ4n) is 2.77. The molecule has 0 heterocycles. The van der Waals surface area contributed by atoms with E-state index in [2.05, 4.69) is 10.0 Å². The highest BCUT2D eigenvalue weighted by atomic mass is 32.2. The molecule has 1 aliphatic rings. The van der Waals surface area contributed by atoms with E-state index < -0.39 is 32.7 Å². The van der Waals surface area contributed by atoms with Gasteiger partial charge in [-0.25, -0.2) is 26.3 Å². The lowest BCUT2D eigenvalue weighted by molar-refractivity contribution is 0.323. The summed E-state index contributed by atoms with van der Waals surface area (Å²) in [6.45, 7) is 3.70. The minimum absolute atomic E-state index is 0.0588. The SMILES string of the molecule is CC(C)S(=O)(=O)N[C@H]1CC[C@H](CNc2ccc(F)c(F)c2F)CC1. The van der Waals surface area contributed by atoms with E-state index in [0.717, 1.165) is 18.9 Å². The Hall–Kier alpha value is -1.28. The second kappa shape index (κ2) is 7.74. The number of halogens is 3. The average molecular weight is 364 g/mol. The van der Waals surface area contributed by atoms with Crippen molar-refractivity contribution in [3.05, 3.63) is 29.6 Å². The van der Waals surface area contributed by atoms with Gasteiger partial charge in [0.05, 0.1) is 10.9 Å². The van der Waals surface area contributed by atoms with Gasteiger partial charge in [0, 0.05) is 12.6 Å². The van der Waals surface area contributed by atoms with Crippen LogP contribution in [0.3, 0.4) is 0 Å². The van der Waals surface area contributed by atoms with Gasteiger partial charge in [0.1, 0.15) is 0 Å². The molecule has 0 aliphatic heterocycles. The summed E-state index contributed by atoms with van der Waals surface area (Å²) in [5.74, 6) is -3.67. The molecule has 0 atom stereocenters. The summed E-state index contributed by atoms with van der Waals surface area (Å²) in [4.78, 5) is 0. The van der Waals surface area contributed by atoms with E-state index in [1.165, 1.54) is 6.07 Å². The number of sulfonamides is 1. The lowest BCUT2D eigenvalue weighted by atomic mass is 9.86.